The Kier molecular flexibility index (Phi) is 9.87. The normalized spacial score (nSPS) is 17.5. The van der Waals surface area contributed by atoms with E-state index in [2.05, 4.69) is 18.7 Å². The van der Waals surface area contributed by atoms with Gasteiger partial charge in [-0.25, -0.2) is 4.39 Å². The van der Waals surface area contributed by atoms with E-state index in [-0.39, 0.29) is 23.4 Å². The third-order valence-corrected chi connectivity index (χ3v) is 6.64. The molecule has 0 bridgehead atoms. The van der Waals surface area contributed by atoms with Gasteiger partial charge in [-0.15, -0.1) is 0 Å². The highest BCUT2D eigenvalue weighted by molar-refractivity contribution is 6.46. The number of Topliss-reactive ketones (excluding diaryl/α,β-unsaturated/α-hetero) is 1. The molecular weight excluding hydrogens is 467 g/mol. The van der Waals surface area contributed by atoms with Gasteiger partial charge in [-0.2, -0.15) is 0 Å². The number of halogens is 2. The summed E-state index contributed by atoms with van der Waals surface area (Å²) >= 11 is 5.96. The summed E-state index contributed by atoms with van der Waals surface area (Å²) in [6, 6.07) is 11.4. The molecule has 2 aromatic rings. The molecule has 1 atom stereocenters. The zero-order chi connectivity index (χ0) is 25.4. The number of aliphatic hydroxyl groups is 1. The quantitative estimate of drug-likeness (QED) is 0.214. The largest absolute Gasteiger partial charge is 0.507 e. The standard InChI is InChI=1S/C28H34ClFN2O3/c1-3-5-16-31(17-6-4-2)18-9-19-32-25(22-10-7-8-11-23(22)30)24(27(34)28(32)35)26(33)20-12-14-21(29)15-13-20/h7-8,10-15,25,33H,3-6,9,16-19H2,1-2H3/b26-24-. The number of likely N-dealkylation sites (tertiary alicyclic amines) is 1. The molecule has 7 heteroatoms. The van der Waals surface area contributed by atoms with E-state index in [1.165, 1.54) is 11.0 Å². The molecular formula is C28H34ClFN2O3. The number of hydrogen-bond acceptors (Lipinski definition) is 4. The lowest BCUT2D eigenvalue weighted by Gasteiger charge is -2.27. The summed E-state index contributed by atoms with van der Waals surface area (Å²) in [6.45, 7) is 7.37. The first-order valence-corrected chi connectivity index (χ1v) is 12.8. The molecule has 1 N–H and O–H groups in total. The Hall–Kier alpha value is -2.70. The van der Waals surface area contributed by atoms with Gasteiger partial charge in [0.2, 0.25) is 0 Å². The Morgan fingerprint density at radius 3 is 2.17 bits per heavy atom. The summed E-state index contributed by atoms with van der Waals surface area (Å²) in [5.41, 5.74) is 0.436. The minimum Gasteiger partial charge on any atom is -0.507 e. The van der Waals surface area contributed by atoms with Crippen LogP contribution in [0.4, 0.5) is 4.39 Å². The smallest absolute Gasteiger partial charge is 0.295 e. The number of ketones is 1. The van der Waals surface area contributed by atoms with Crippen LogP contribution < -0.4 is 0 Å². The predicted octanol–water partition coefficient (Wildman–Crippen LogP) is 6.19. The first-order valence-electron chi connectivity index (χ1n) is 12.4. The lowest BCUT2D eigenvalue weighted by Crippen LogP contribution is -2.34. The summed E-state index contributed by atoms with van der Waals surface area (Å²) in [5.74, 6) is -2.39. The molecule has 35 heavy (non-hydrogen) atoms. The lowest BCUT2D eigenvalue weighted by atomic mass is 9.95. The fourth-order valence-electron chi connectivity index (χ4n) is 4.46. The number of amides is 1. The van der Waals surface area contributed by atoms with Gasteiger partial charge in [0.05, 0.1) is 11.6 Å². The predicted molar refractivity (Wildman–Crippen MR) is 138 cm³/mol. The van der Waals surface area contributed by atoms with Crippen molar-refractivity contribution in [3.8, 4) is 0 Å². The van der Waals surface area contributed by atoms with Gasteiger partial charge in [-0.1, -0.05) is 56.5 Å². The number of aliphatic hydroxyl groups excluding tert-OH is 1. The van der Waals surface area contributed by atoms with Crippen molar-refractivity contribution in [1.82, 2.24) is 9.80 Å². The maximum absolute atomic E-state index is 14.9. The van der Waals surface area contributed by atoms with Crippen molar-refractivity contribution >= 4 is 29.1 Å². The molecule has 0 radical (unpaired) electrons. The molecule has 0 aromatic heterocycles. The fourth-order valence-corrected chi connectivity index (χ4v) is 4.58. The average molecular weight is 501 g/mol. The van der Waals surface area contributed by atoms with Crippen molar-refractivity contribution in [1.29, 1.82) is 0 Å². The second-order valence-electron chi connectivity index (χ2n) is 8.92. The van der Waals surface area contributed by atoms with Crippen LogP contribution in [0.2, 0.25) is 5.02 Å². The van der Waals surface area contributed by atoms with E-state index in [4.69, 9.17) is 11.6 Å². The highest BCUT2D eigenvalue weighted by Crippen LogP contribution is 2.40. The molecule has 1 fully saturated rings. The summed E-state index contributed by atoms with van der Waals surface area (Å²) in [6.07, 6.45) is 5.06. The van der Waals surface area contributed by atoms with E-state index in [0.29, 0.717) is 17.0 Å². The minimum absolute atomic E-state index is 0.101. The maximum atomic E-state index is 14.9. The molecule has 1 saturated heterocycles. The van der Waals surface area contributed by atoms with E-state index < -0.39 is 23.5 Å². The monoisotopic (exact) mass is 500 g/mol. The average Bonchev–Trinajstić information content (AvgIpc) is 3.10. The fraction of sp³-hybridized carbons (Fsp3) is 0.429. The highest BCUT2D eigenvalue weighted by atomic mass is 35.5. The third-order valence-electron chi connectivity index (χ3n) is 6.39. The Labute approximate surface area is 212 Å². The molecule has 0 aliphatic carbocycles. The molecule has 188 valence electrons. The lowest BCUT2D eigenvalue weighted by molar-refractivity contribution is -0.140. The van der Waals surface area contributed by atoms with Crippen LogP contribution in [-0.2, 0) is 9.59 Å². The van der Waals surface area contributed by atoms with Gasteiger partial charge in [0, 0.05) is 22.7 Å². The van der Waals surface area contributed by atoms with Crippen LogP contribution in [0.15, 0.2) is 54.1 Å². The topological polar surface area (TPSA) is 60.9 Å². The van der Waals surface area contributed by atoms with Crippen LogP contribution in [0.5, 0.6) is 0 Å². The maximum Gasteiger partial charge on any atom is 0.295 e. The molecule has 2 aromatic carbocycles. The number of rotatable bonds is 12. The van der Waals surface area contributed by atoms with Crippen LogP contribution in [0.3, 0.4) is 0 Å². The van der Waals surface area contributed by atoms with Crippen LogP contribution in [0.1, 0.15) is 63.1 Å². The second kappa shape index (κ2) is 12.8. The second-order valence-corrected chi connectivity index (χ2v) is 9.36. The van der Waals surface area contributed by atoms with Gasteiger partial charge in [-0.05, 0) is 69.2 Å². The summed E-state index contributed by atoms with van der Waals surface area (Å²) in [7, 11) is 0. The molecule has 1 aliphatic rings. The molecule has 1 heterocycles. The number of unbranched alkanes of at least 4 members (excludes halogenated alkanes) is 2. The Bertz CT molecular complexity index is 1050. The van der Waals surface area contributed by atoms with Gasteiger partial charge >= 0.3 is 0 Å². The van der Waals surface area contributed by atoms with E-state index in [0.717, 1.165) is 45.3 Å². The number of carbonyl (C=O) groups excluding carboxylic acids is 2. The molecule has 5 nitrogen and oxygen atoms in total. The molecule has 1 amide bonds. The minimum atomic E-state index is -0.994. The van der Waals surface area contributed by atoms with Crippen molar-refractivity contribution in [2.24, 2.45) is 0 Å². The summed E-state index contributed by atoms with van der Waals surface area (Å²) in [5, 5.41) is 11.5. The zero-order valence-corrected chi connectivity index (χ0v) is 21.2. The first kappa shape index (κ1) is 26.9. The summed E-state index contributed by atoms with van der Waals surface area (Å²) in [4.78, 5) is 30.0. The zero-order valence-electron chi connectivity index (χ0n) is 20.5. The Morgan fingerprint density at radius 1 is 0.971 bits per heavy atom. The van der Waals surface area contributed by atoms with Gasteiger partial charge in [0.25, 0.3) is 11.7 Å². The number of benzene rings is 2. The molecule has 3 rings (SSSR count). The molecule has 0 saturated carbocycles. The third kappa shape index (κ3) is 6.50. The van der Waals surface area contributed by atoms with Crippen LogP contribution in [0, 0.1) is 5.82 Å². The van der Waals surface area contributed by atoms with E-state index in [1.54, 1.807) is 42.5 Å². The van der Waals surface area contributed by atoms with Crippen molar-refractivity contribution in [3.63, 3.8) is 0 Å². The molecule has 1 aliphatic heterocycles. The van der Waals surface area contributed by atoms with E-state index >= 15 is 0 Å². The number of hydrogen-bond donors (Lipinski definition) is 1. The van der Waals surface area contributed by atoms with Gasteiger partial charge < -0.3 is 14.9 Å². The number of nitrogens with zero attached hydrogens (tertiary/aromatic N) is 2. The van der Waals surface area contributed by atoms with Crippen LogP contribution in [-0.4, -0.2) is 52.8 Å². The summed E-state index contributed by atoms with van der Waals surface area (Å²) < 4.78 is 14.9. The van der Waals surface area contributed by atoms with Crippen molar-refractivity contribution in [3.05, 3.63) is 76.1 Å². The van der Waals surface area contributed by atoms with Gasteiger partial charge in [0.15, 0.2) is 0 Å². The van der Waals surface area contributed by atoms with Crippen molar-refractivity contribution < 1.29 is 19.1 Å². The highest BCUT2D eigenvalue weighted by Gasteiger charge is 2.46. The van der Waals surface area contributed by atoms with E-state index in [1.807, 2.05) is 0 Å². The molecule has 1 unspecified atom stereocenters. The Morgan fingerprint density at radius 2 is 1.57 bits per heavy atom. The van der Waals surface area contributed by atoms with Crippen molar-refractivity contribution in [2.75, 3.05) is 26.2 Å². The van der Waals surface area contributed by atoms with Gasteiger partial charge in [-0.3, -0.25) is 9.59 Å². The first-order chi connectivity index (χ1) is 16.9. The van der Waals surface area contributed by atoms with Gasteiger partial charge in [0.1, 0.15) is 11.6 Å². The Balaban J connectivity index is 1.92. The van der Waals surface area contributed by atoms with Crippen LogP contribution >= 0.6 is 11.6 Å². The number of carbonyl (C=O) groups is 2. The van der Waals surface area contributed by atoms with Crippen LogP contribution in [0.25, 0.3) is 5.76 Å². The SMILES string of the molecule is CCCCN(CCCC)CCCN1C(=O)C(=O)/C(=C(\O)c2ccc(Cl)cc2)C1c1ccccc1F. The molecule has 0 spiro atoms. The van der Waals surface area contributed by atoms with Crippen molar-refractivity contribution in [2.45, 2.75) is 52.0 Å². The van der Waals surface area contributed by atoms with E-state index in [9.17, 15) is 19.1 Å².